The maximum atomic E-state index is 12.3. The first-order chi connectivity index (χ1) is 14.0. The summed E-state index contributed by atoms with van der Waals surface area (Å²) >= 11 is 0. The molecule has 1 aromatic carbocycles. The van der Waals surface area contributed by atoms with Crippen LogP contribution >= 0.6 is 0 Å². The lowest BCUT2D eigenvalue weighted by Gasteiger charge is -2.30. The van der Waals surface area contributed by atoms with E-state index in [1.807, 2.05) is 24.3 Å². The number of imidazole rings is 1. The number of nitrogens with one attached hydrogen (secondary N) is 1. The predicted octanol–water partition coefficient (Wildman–Crippen LogP) is 2.52. The van der Waals surface area contributed by atoms with Crippen molar-refractivity contribution in [3.63, 3.8) is 0 Å². The van der Waals surface area contributed by atoms with Crippen LogP contribution in [0.4, 0.5) is 0 Å². The molecule has 8 heteroatoms. The third kappa shape index (κ3) is 3.25. The number of fused-ring (bicyclic) bond motifs is 1. The molecule has 0 radical (unpaired) electrons. The average Bonchev–Trinajstić information content (AvgIpc) is 3.19. The van der Waals surface area contributed by atoms with Crippen LogP contribution in [0.5, 0.6) is 0 Å². The fourth-order valence-corrected chi connectivity index (χ4v) is 3.80. The van der Waals surface area contributed by atoms with Crippen molar-refractivity contribution >= 4 is 22.8 Å². The zero-order valence-electron chi connectivity index (χ0n) is 15.5. The number of hydrogen-bond donors (Lipinski definition) is 3. The second kappa shape index (κ2) is 7.23. The summed E-state index contributed by atoms with van der Waals surface area (Å²) < 4.78 is 1.73. The first-order valence-electron chi connectivity index (χ1n) is 8.94. The molecule has 0 fully saturated rings. The molecule has 1 atom stereocenters. The Balaban J connectivity index is 1.98. The number of allylic oxidation sites excluding steroid dienone is 2. The second-order valence-electron chi connectivity index (χ2n) is 6.75. The van der Waals surface area contributed by atoms with Gasteiger partial charge in [0.1, 0.15) is 0 Å². The minimum atomic E-state index is -1.18. The van der Waals surface area contributed by atoms with Crippen molar-refractivity contribution < 1.29 is 19.8 Å². The van der Waals surface area contributed by atoms with Crippen LogP contribution in [-0.2, 0) is 16.1 Å². The van der Waals surface area contributed by atoms with E-state index >= 15 is 0 Å². The van der Waals surface area contributed by atoms with Crippen LogP contribution in [0.25, 0.3) is 10.9 Å². The van der Waals surface area contributed by atoms with E-state index in [1.165, 1.54) is 0 Å². The first-order valence-corrected chi connectivity index (χ1v) is 8.94. The number of nitrogens with zero attached hydrogens (tertiary/aromatic N) is 3. The highest BCUT2D eigenvalue weighted by atomic mass is 16.4. The second-order valence-corrected chi connectivity index (χ2v) is 6.75. The Morgan fingerprint density at radius 3 is 2.55 bits per heavy atom. The minimum Gasteiger partial charge on any atom is -0.478 e. The number of pyridine rings is 1. The van der Waals surface area contributed by atoms with Crippen LogP contribution in [0.1, 0.15) is 18.4 Å². The van der Waals surface area contributed by atoms with Gasteiger partial charge in [0.15, 0.2) is 0 Å². The molecule has 2 aromatic heterocycles. The Bertz CT molecular complexity index is 1170. The monoisotopic (exact) mass is 390 g/mol. The van der Waals surface area contributed by atoms with E-state index in [0.717, 1.165) is 0 Å². The molecule has 1 aliphatic rings. The molecule has 0 spiro atoms. The summed E-state index contributed by atoms with van der Waals surface area (Å²) in [6.07, 6.45) is 6.47. The molecule has 1 unspecified atom stereocenters. The molecular weight excluding hydrogens is 372 g/mol. The van der Waals surface area contributed by atoms with E-state index in [0.29, 0.717) is 27.9 Å². The molecule has 0 aliphatic carbocycles. The lowest BCUT2D eigenvalue weighted by atomic mass is 9.79. The number of rotatable bonds is 5. The first kappa shape index (κ1) is 18.4. The molecule has 0 saturated carbocycles. The normalized spacial score (nSPS) is 16.8. The zero-order chi connectivity index (χ0) is 20.5. The van der Waals surface area contributed by atoms with Gasteiger partial charge in [-0.05, 0) is 24.6 Å². The SMILES string of the molecule is CC1=C(C(=O)O)C(c2ccnc3ccccc23)C(C(=O)O)=C(Cn2ccnc2)N1. The number of carbonyl (C=O) groups is 2. The largest absolute Gasteiger partial charge is 0.478 e. The Hall–Kier alpha value is -3.94. The summed E-state index contributed by atoms with van der Waals surface area (Å²) in [5, 5.41) is 23.7. The third-order valence-corrected chi connectivity index (χ3v) is 5.00. The fourth-order valence-electron chi connectivity index (χ4n) is 3.80. The van der Waals surface area contributed by atoms with Crippen molar-refractivity contribution in [3.05, 3.63) is 83.4 Å². The summed E-state index contributed by atoms with van der Waals surface area (Å²) in [4.78, 5) is 32.8. The highest BCUT2D eigenvalue weighted by Gasteiger charge is 2.38. The molecule has 0 amide bonds. The van der Waals surface area contributed by atoms with E-state index in [-0.39, 0.29) is 17.7 Å². The number of carboxylic acid groups (broad SMARTS) is 2. The highest BCUT2D eigenvalue weighted by molar-refractivity contribution is 6.00. The Kier molecular flexibility index (Phi) is 4.59. The predicted molar refractivity (Wildman–Crippen MR) is 105 cm³/mol. The Labute approximate surface area is 165 Å². The molecule has 146 valence electrons. The lowest BCUT2D eigenvalue weighted by molar-refractivity contribution is -0.133. The van der Waals surface area contributed by atoms with Crippen molar-refractivity contribution in [1.29, 1.82) is 0 Å². The van der Waals surface area contributed by atoms with Gasteiger partial charge in [-0.2, -0.15) is 0 Å². The minimum absolute atomic E-state index is 0.00180. The number of dihydropyridines is 1. The summed E-state index contributed by atoms with van der Waals surface area (Å²) in [7, 11) is 0. The molecule has 0 bridgehead atoms. The van der Waals surface area contributed by atoms with Gasteiger partial charge in [0.2, 0.25) is 0 Å². The van der Waals surface area contributed by atoms with Gasteiger partial charge in [0.25, 0.3) is 0 Å². The van der Waals surface area contributed by atoms with Gasteiger partial charge in [-0.25, -0.2) is 14.6 Å². The maximum absolute atomic E-state index is 12.3. The van der Waals surface area contributed by atoms with Crippen molar-refractivity contribution in [2.24, 2.45) is 0 Å². The van der Waals surface area contributed by atoms with Gasteiger partial charge >= 0.3 is 11.9 Å². The van der Waals surface area contributed by atoms with Crippen LogP contribution in [0.15, 0.2) is 77.8 Å². The van der Waals surface area contributed by atoms with Gasteiger partial charge in [-0.1, -0.05) is 18.2 Å². The van der Waals surface area contributed by atoms with E-state index < -0.39 is 17.9 Å². The number of aromatic nitrogens is 3. The van der Waals surface area contributed by atoms with E-state index in [9.17, 15) is 19.8 Å². The molecule has 8 nitrogen and oxygen atoms in total. The van der Waals surface area contributed by atoms with E-state index in [1.54, 1.807) is 42.5 Å². The van der Waals surface area contributed by atoms with Crippen LogP contribution in [0.3, 0.4) is 0 Å². The number of benzene rings is 1. The summed E-state index contributed by atoms with van der Waals surface area (Å²) in [6.45, 7) is 1.87. The van der Waals surface area contributed by atoms with E-state index in [4.69, 9.17) is 0 Å². The summed E-state index contributed by atoms with van der Waals surface area (Å²) in [5.74, 6) is -3.29. The molecule has 4 rings (SSSR count). The Morgan fingerprint density at radius 2 is 1.86 bits per heavy atom. The zero-order valence-corrected chi connectivity index (χ0v) is 15.5. The standard InChI is InChI=1S/C21H18N4O4/c1-12-17(20(26)27)18(14-6-7-23-15-5-3-2-4-13(14)15)19(21(28)29)16(24-12)10-25-9-8-22-11-25/h2-9,11,18,24H,10H2,1H3,(H,26,27)(H,28,29). The maximum Gasteiger partial charge on any atom is 0.334 e. The van der Waals surface area contributed by atoms with Crippen molar-refractivity contribution in [2.45, 2.75) is 19.4 Å². The lowest BCUT2D eigenvalue weighted by Crippen LogP contribution is -2.33. The van der Waals surface area contributed by atoms with Gasteiger partial charge in [0.05, 0.1) is 35.5 Å². The smallest absolute Gasteiger partial charge is 0.334 e. The molecule has 1 aliphatic heterocycles. The van der Waals surface area contributed by atoms with Crippen molar-refractivity contribution in [1.82, 2.24) is 19.9 Å². The van der Waals surface area contributed by atoms with Gasteiger partial charge < -0.3 is 20.1 Å². The number of hydrogen-bond acceptors (Lipinski definition) is 5. The molecule has 3 aromatic rings. The third-order valence-electron chi connectivity index (χ3n) is 5.00. The number of aliphatic carboxylic acids is 2. The molecule has 29 heavy (non-hydrogen) atoms. The summed E-state index contributed by atoms with van der Waals surface area (Å²) in [6, 6.07) is 8.98. The van der Waals surface area contributed by atoms with Gasteiger partial charge in [-0.3, -0.25) is 4.98 Å². The van der Waals surface area contributed by atoms with Crippen LogP contribution in [-0.4, -0.2) is 36.7 Å². The quantitative estimate of drug-likeness (QED) is 0.613. The molecule has 0 saturated heterocycles. The molecular formula is C21H18N4O4. The van der Waals surface area contributed by atoms with Gasteiger partial charge in [-0.15, -0.1) is 0 Å². The van der Waals surface area contributed by atoms with Crippen molar-refractivity contribution in [3.8, 4) is 0 Å². The van der Waals surface area contributed by atoms with E-state index in [2.05, 4.69) is 15.3 Å². The fraction of sp³-hybridized carbons (Fsp3) is 0.143. The average molecular weight is 390 g/mol. The van der Waals surface area contributed by atoms with Crippen molar-refractivity contribution in [2.75, 3.05) is 0 Å². The number of para-hydroxylation sites is 1. The van der Waals surface area contributed by atoms with Crippen LogP contribution in [0, 0.1) is 0 Å². The molecule has 3 heterocycles. The summed E-state index contributed by atoms with van der Waals surface area (Å²) in [5.41, 5.74) is 2.10. The van der Waals surface area contributed by atoms with Gasteiger partial charge in [0, 0.05) is 35.4 Å². The Morgan fingerprint density at radius 1 is 1.10 bits per heavy atom. The number of carboxylic acids is 2. The highest BCUT2D eigenvalue weighted by Crippen LogP contribution is 2.41. The van der Waals surface area contributed by atoms with Crippen LogP contribution in [0.2, 0.25) is 0 Å². The molecule has 3 N–H and O–H groups in total. The topological polar surface area (TPSA) is 117 Å². The van der Waals surface area contributed by atoms with Crippen LogP contribution < -0.4 is 5.32 Å².